The average Bonchev–Trinajstić information content (AvgIpc) is 2.50. The first kappa shape index (κ1) is 12.2. The molecule has 0 aromatic rings. The van der Waals surface area contributed by atoms with Crippen molar-refractivity contribution in [2.24, 2.45) is 0 Å². The summed E-state index contributed by atoms with van der Waals surface area (Å²) in [6.45, 7) is 5.95. The fourth-order valence-electron chi connectivity index (χ4n) is 1.52. The molecule has 1 saturated heterocycles. The first-order chi connectivity index (χ1) is 6.87. The molecule has 15 heavy (non-hydrogen) atoms. The third-order valence-electron chi connectivity index (χ3n) is 2.27. The Hall–Kier alpha value is -0.840. The number of alkyl halides is 1. The van der Waals surface area contributed by atoms with Crippen molar-refractivity contribution in [2.75, 3.05) is 19.8 Å². The molecule has 1 rings (SSSR count). The number of amides is 1. The normalized spacial score (nSPS) is 26.4. The summed E-state index contributed by atoms with van der Waals surface area (Å²) in [5.74, 6) is 0. The van der Waals surface area contributed by atoms with Crippen LogP contribution in [0.15, 0.2) is 0 Å². The Labute approximate surface area is 89.6 Å². The van der Waals surface area contributed by atoms with Crippen LogP contribution in [0.5, 0.6) is 0 Å². The van der Waals surface area contributed by atoms with Gasteiger partial charge in [0.05, 0.1) is 5.54 Å². The van der Waals surface area contributed by atoms with Gasteiger partial charge in [0.1, 0.15) is 12.3 Å². The number of rotatable bonds is 2. The summed E-state index contributed by atoms with van der Waals surface area (Å²) in [5, 5.41) is 5.62. The van der Waals surface area contributed by atoms with Crippen molar-refractivity contribution in [3.05, 3.63) is 0 Å². The largest absolute Gasteiger partial charge is 0.444 e. The van der Waals surface area contributed by atoms with Gasteiger partial charge in [0.15, 0.2) is 0 Å². The van der Waals surface area contributed by atoms with Gasteiger partial charge in [-0.25, -0.2) is 9.18 Å². The molecular formula is C10H19FN2O2. The molecule has 1 heterocycles. The Morgan fingerprint density at radius 3 is 2.67 bits per heavy atom. The number of carbonyl (C=O) groups is 1. The maximum absolute atomic E-state index is 12.8. The van der Waals surface area contributed by atoms with Crippen LogP contribution < -0.4 is 10.6 Å². The molecule has 0 aliphatic carbocycles. The molecule has 0 unspecified atom stereocenters. The summed E-state index contributed by atoms with van der Waals surface area (Å²) < 4.78 is 17.9. The lowest BCUT2D eigenvalue weighted by Crippen LogP contribution is -2.53. The Bertz CT molecular complexity index is 232. The molecule has 0 saturated carbocycles. The molecule has 1 aliphatic heterocycles. The van der Waals surface area contributed by atoms with Crippen molar-refractivity contribution < 1.29 is 13.9 Å². The van der Waals surface area contributed by atoms with Crippen LogP contribution in [-0.4, -0.2) is 37.0 Å². The summed E-state index contributed by atoms with van der Waals surface area (Å²) in [7, 11) is 0. The fraction of sp³-hybridized carbons (Fsp3) is 0.900. The summed E-state index contributed by atoms with van der Waals surface area (Å²) in [5.41, 5.74) is -1.32. The molecule has 1 amide bonds. The molecule has 88 valence electrons. The maximum Gasteiger partial charge on any atom is 0.408 e. The molecule has 0 bridgehead atoms. The number of hydrogen-bond acceptors (Lipinski definition) is 3. The summed E-state index contributed by atoms with van der Waals surface area (Å²) in [6, 6.07) is 0. The average molecular weight is 218 g/mol. The number of ether oxygens (including phenoxy) is 1. The second-order valence-electron chi connectivity index (χ2n) is 4.97. The molecular weight excluding hydrogens is 199 g/mol. The van der Waals surface area contributed by atoms with E-state index in [-0.39, 0.29) is 0 Å². The summed E-state index contributed by atoms with van der Waals surface area (Å²) in [6.07, 6.45) is 0.0480. The zero-order valence-electron chi connectivity index (χ0n) is 9.52. The van der Waals surface area contributed by atoms with Gasteiger partial charge in [-0.15, -0.1) is 0 Å². The third kappa shape index (κ3) is 3.66. The summed E-state index contributed by atoms with van der Waals surface area (Å²) >= 11 is 0. The van der Waals surface area contributed by atoms with E-state index in [0.717, 1.165) is 6.54 Å². The predicted octanol–water partition coefficient (Wildman–Crippen LogP) is 1.21. The minimum Gasteiger partial charge on any atom is -0.444 e. The van der Waals surface area contributed by atoms with Gasteiger partial charge in [-0.3, -0.25) is 0 Å². The van der Waals surface area contributed by atoms with Crippen molar-refractivity contribution in [1.29, 1.82) is 0 Å². The van der Waals surface area contributed by atoms with Crippen LogP contribution in [0.1, 0.15) is 27.2 Å². The Morgan fingerprint density at radius 2 is 2.27 bits per heavy atom. The lowest BCUT2D eigenvalue weighted by molar-refractivity contribution is 0.0447. The Balaban J connectivity index is 2.49. The van der Waals surface area contributed by atoms with E-state index < -0.39 is 23.9 Å². The fourth-order valence-corrected chi connectivity index (χ4v) is 1.52. The quantitative estimate of drug-likeness (QED) is 0.732. The second-order valence-corrected chi connectivity index (χ2v) is 4.97. The number of halogens is 1. The van der Waals surface area contributed by atoms with E-state index in [1.165, 1.54) is 0 Å². The van der Waals surface area contributed by atoms with Crippen LogP contribution in [-0.2, 0) is 4.74 Å². The molecule has 0 spiro atoms. The van der Waals surface area contributed by atoms with Gasteiger partial charge in [0.25, 0.3) is 0 Å². The predicted molar refractivity (Wildman–Crippen MR) is 55.6 cm³/mol. The van der Waals surface area contributed by atoms with Crippen LogP contribution >= 0.6 is 0 Å². The lowest BCUT2D eigenvalue weighted by Gasteiger charge is -2.28. The SMILES string of the molecule is CC(C)(C)OC(=O)N[C@]1(CF)CCNC1. The van der Waals surface area contributed by atoms with E-state index in [2.05, 4.69) is 10.6 Å². The second kappa shape index (κ2) is 4.35. The smallest absolute Gasteiger partial charge is 0.408 e. The van der Waals surface area contributed by atoms with E-state index in [0.29, 0.717) is 13.0 Å². The van der Waals surface area contributed by atoms with Crippen molar-refractivity contribution >= 4 is 6.09 Å². The van der Waals surface area contributed by atoms with E-state index in [9.17, 15) is 9.18 Å². The molecule has 2 N–H and O–H groups in total. The molecule has 1 aliphatic rings. The molecule has 0 radical (unpaired) electrons. The molecule has 0 aromatic heterocycles. The van der Waals surface area contributed by atoms with E-state index in [1.807, 2.05) is 0 Å². The number of hydrogen-bond donors (Lipinski definition) is 2. The molecule has 1 atom stereocenters. The van der Waals surface area contributed by atoms with Crippen LogP contribution in [0.3, 0.4) is 0 Å². The zero-order chi connectivity index (χ0) is 11.5. The van der Waals surface area contributed by atoms with Crippen molar-refractivity contribution in [1.82, 2.24) is 10.6 Å². The number of alkyl carbamates (subject to hydrolysis) is 1. The van der Waals surface area contributed by atoms with Crippen LogP contribution in [0.4, 0.5) is 9.18 Å². The van der Waals surface area contributed by atoms with Gasteiger partial charge >= 0.3 is 6.09 Å². The van der Waals surface area contributed by atoms with Gasteiger partial charge in [0, 0.05) is 6.54 Å². The maximum atomic E-state index is 12.8. The van der Waals surface area contributed by atoms with Gasteiger partial charge in [-0.1, -0.05) is 0 Å². The van der Waals surface area contributed by atoms with Crippen LogP contribution in [0.2, 0.25) is 0 Å². The van der Waals surface area contributed by atoms with E-state index in [1.54, 1.807) is 20.8 Å². The highest BCUT2D eigenvalue weighted by molar-refractivity contribution is 5.69. The van der Waals surface area contributed by atoms with Gasteiger partial charge < -0.3 is 15.4 Å². The highest BCUT2D eigenvalue weighted by Crippen LogP contribution is 2.16. The summed E-state index contributed by atoms with van der Waals surface area (Å²) in [4.78, 5) is 11.5. The molecule has 5 heteroatoms. The standard InChI is InChI=1S/C10H19FN2O2/c1-9(2,3)15-8(14)13-10(6-11)4-5-12-7-10/h12H,4-7H2,1-3H3,(H,13,14)/t10-/m0/s1. The first-order valence-corrected chi connectivity index (χ1v) is 5.15. The van der Waals surface area contributed by atoms with Gasteiger partial charge in [-0.05, 0) is 33.7 Å². The highest BCUT2D eigenvalue weighted by Gasteiger charge is 2.36. The van der Waals surface area contributed by atoms with E-state index in [4.69, 9.17) is 4.74 Å². The van der Waals surface area contributed by atoms with Crippen LogP contribution in [0.25, 0.3) is 0 Å². The highest BCUT2D eigenvalue weighted by atomic mass is 19.1. The number of nitrogens with one attached hydrogen (secondary N) is 2. The van der Waals surface area contributed by atoms with Crippen molar-refractivity contribution in [3.63, 3.8) is 0 Å². The van der Waals surface area contributed by atoms with E-state index >= 15 is 0 Å². The lowest BCUT2D eigenvalue weighted by atomic mass is 10.0. The van der Waals surface area contributed by atoms with Crippen LogP contribution in [0, 0.1) is 0 Å². The van der Waals surface area contributed by atoms with Crippen molar-refractivity contribution in [2.45, 2.75) is 38.3 Å². The monoisotopic (exact) mass is 218 g/mol. The Morgan fingerprint density at radius 1 is 1.60 bits per heavy atom. The van der Waals surface area contributed by atoms with Gasteiger partial charge in [-0.2, -0.15) is 0 Å². The molecule has 0 aromatic carbocycles. The number of carbonyl (C=O) groups excluding carboxylic acids is 1. The van der Waals surface area contributed by atoms with Gasteiger partial charge in [0.2, 0.25) is 0 Å². The minimum atomic E-state index is -0.775. The zero-order valence-corrected chi connectivity index (χ0v) is 9.52. The molecule has 1 fully saturated rings. The Kier molecular flexibility index (Phi) is 3.54. The third-order valence-corrected chi connectivity index (χ3v) is 2.27. The van der Waals surface area contributed by atoms with Crippen molar-refractivity contribution in [3.8, 4) is 0 Å². The molecule has 4 nitrogen and oxygen atoms in total. The topological polar surface area (TPSA) is 50.4 Å². The first-order valence-electron chi connectivity index (χ1n) is 5.15. The minimum absolute atomic E-state index is 0.461.